The van der Waals surface area contributed by atoms with Crippen LogP contribution in [0.15, 0.2) is 76.9 Å². The van der Waals surface area contributed by atoms with Gasteiger partial charge in [-0.2, -0.15) is 10.2 Å². The summed E-state index contributed by atoms with van der Waals surface area (Å²) in [6.45, 7) is 5.48. The highest BCUT2D eigenvalue weighted by atomic mass is 19.4. The van der Waals surface area contributed by atoms with E-state index in [2.05, 4.69) is 31.1 Å². The first-order valence-electron chi connectivity index (χ1n) is 10.5. The number of urea groups is 1. The summed E-state index contributed by atoms with van der Waals surface area (Å²) in [6.07, 6.45) is -3.26. The number of para-hydroxylation sites is 1. The molecule has 0 aliphatic carbocycles. The maximum atomic E-state index is 12.4. The van der Waals surface area contributed by atoms with Crippen LogP contribution in [0.25, 0.3) is 0 Å². The van der Waals surface area contributed by atoms with Gasteiger partial charge in [0, 0.05) is 11.3 Å². The molecule has 0 heterocycles. The molecule has 2 amide bonds. The molecular weight excluding hydrogens is 459 g/mol. The molecule has 3 aromatic rings. The van der Waals surface area contributed by atoms with Crippen molar-refractivity contribution in [2.45, 2.75) is 27.1 Å². The molecule has 0 unspecified atom stereocenters. The van der Waals surface area contributed by atoms with Gasteiger partial charge in [0.2, 0.25) is 0 Å². The zero-order chi connectivity index (χ0) is 25.4. The maximum Gasteiger partial charge on any atom is 0.573 e. The molecule has 0 saturated heterocycles. The van der Waals surface area contributed by atoms with Crippen molar-refractivity contribution in [3.05, 3.63) is 89.0 Å². The molecule has 0 spiro atoms. The molecule has 10 heteroatoms. The average Bonchev–Trinajstić information content (AvgIpc) is 2.80. The molecule has 0 atom stereocenters. The third kappa shape index (κ3) is 7.88. The summed E-state index contributed by atoms with van der Waals surface area (Å²) in [5.74, 6) is -0.315. The second kappa shape index (κ2) is 11.2. The molecule has 182 valence electrons. The number of carbonyl (C=O) groups excluding carboxylic acids is 1. The number of hydrogen-bond acceptors (Lipinski definition) is 5. The van der Waals surface area contributed by atoms with Gasteiger partial charge in [0.25, 0.3) is 0 Å². The Bertz CT molecular complexity index is 1220. The highest BCUT2D eigenvalue weighted by molar-refractivity contribution is 5.99. The van der Waals surface area contributed by atoms with Crippen LogP contribution in [0.1, 0.15) is 29.2 Å². The Morgan fingerprint density at radius 1 is 0.971 bits per heavy atom. The number of carbonyl (C=O) groups is 1. The second-order valence-corrected chi connectivity index (χ2v) is 7.60. The third-order valence-corrected chi connectivity index (χ3v) is 4.85. The molecule has 0 radical (unpaired) electrons. The van der Waals surface area contributed by atoms with Gasteiger partial charge in [-0.1, -0.05) is 42.5 Å². The van der Waals surface area contributed by atoms with Crippen molar-refractivity contribution in [2.75, 3.05) is 10.7 Å². The SMILES string of the molecule is CC(=NNc1ccc(C=NNC(=O)Nc2c(C)cccc2C)cc1)c1cccc(OC(F)(F)F)c1. The number of nitrogens with one attached hydrogen (secondary N) is 3. The second-order valence-electron chi connectivity index (χ2n) is 7.60. The summed E-state index contributed by atoms with van der Waals surface area (Å²) in [6, 6.07) is 17.9. The third-order valence-electron chi connectivity index (χ3n) is 4.85. The van der Waals surface area contributed by atoms with Crippen molar-refractivity contribution < 1.29 is 22.7 Å². The van der Waals surface area contributed by atoms with E-state index in [1.54, 1.807) is 37.3 Å². The number of hydrogen-bond donors (Lipinski definition) is 3. The molecule has 3 rings (SSSR count). The van der Waals surface area contributed by atoms with Crippen LogP contribution < -0.4 is 20.9 Å². The molecule has 35 heavy (non-hydrogen) atoms. The largest absolute Gasteiger partial charge is 0.573 e. The molecule has 0 aromatic heterocycles. The number of halogens is 3. The average molecular weight is 483 g/mol. The van der Waals surface area contributed by atoms with Crippen LogP contribution in [0.5, 0.6) is 5.75 Å². The Morgan fingerprint density at radius 3 is 2.29 bits per heavy atom. The Labute approximate surface area is 200 Å². The Hall–Kier alpha value is -4.34. The van der Waals surface area contributed by atoms with Crippen LogP contribution in [-0.2, 0) is 0 Å². The lowest BCUT2D eigenvalue weighted by atomic mass is 10.1. The zero-order valence-corrected chi connectivity index (χ0v) is 19.3. The number of ether oxygens (including phenoxy) is 1. The van der Waals surface area contributed by atoms with Crippen molar-refractivity contribution in [3.8, 4) is 5.75 Å². The van der Waals surface area contributed by atoms with E-state index < -0.39 is 12.4 Å². The van der Waals surface area contributed by atoms with E-state index in [4.69, 9.17) is 0 Å². The first-order valence-corrected chi connectivity index (χ1v) is 10.5. The fourth-order valence-corrected chi connectivity index (χ4v) is 3.09. The summed E-state index contributed by atoms with van der Waals surface area (Å²) in [5, 5.41) is 10.9. The molecule has 0 aliphatic heterocycles. The summed E-state index contributed by atoms with van der Waals surface area (Å²) in [5.41, 5.74) is 10.3. The number of hydrazone groups is 2. The molecular formula is C25H24F3N5O2. The minimum absolute atomic E-state index is 0.315. The summed E-state index contributed by atoms with van der Waals surface area (Å²) in [4.78, 5) is 12.1. The van der Waals surface area contributed by atoms with E-state index in [1.165, 1.54) is 24.4 Å². The van der Waals surface area contributed by atoms with Gasteiger partial charge in [-0.15, -0.1) is 13.2 Å². The molecule has 0 saturated carbocycles. The van der Waals surface area contributed by atoms with Gasteiger partial charge < -0.3 is 10.1 Å². The minimum atomic E-state index is -4.76. The lowest BCUT2D eigenvalue weighted by Crippen LogP contribution is -2.25. The van der Waals surface area contributed by atoms with E-state index in [0.717, 1.165) is 22.4 Å². The lowest BCUT2D eigenvalue weighted by Gasteiger charge is -2.10. The normalized spacial score (nSPS) is 11.9. The quantitative estimate of drug-likeness (QED) is 0.276. The lowest BCUT2D eigenvalue weighted by molar-refractivity contribution is -0.274. The zero-order valence-electron chi connectivity index (χ0n) is 19.3. The van der Waals surface area contributed by atoms with Crippen molar-refractivity contribution >= 4 is 29.3 Å². The Kier molecular flexibility index (Phi) is 8.08. The van der Waals surface area contributed by atoms with E-state index in [0.29, 0.717) is 17.0 Å². The predicted octanol–water partition coefficient (Wildman–Crippen LogP) is 6.19. The molecule has 3 aromatic carbocycles. The number of aryl methyl sites for hydroxylation is 2. The standard InChI is InChI=1S/C25H24F3N5O2/c1-16-6-4-7-17(2)23(16)30-24(34)33-29-15-19-10-12-21(13-11-19)32-31-18(3)20-8-5-9-22(14-20)35-25(26,27)28/h4-15,32H,1-3H3,(H2,30,33,34). The van der Waals surface area contributed by atoms with Crippen LogP contribution in [0.2, 0.25) is 0 Å². The van der Waals surface area contributed by atoms with Gasteiger partial charge in [-0.3, -0.25) is 5.43 Å². The van der Waals surface area contributed by atoms with Gasteiger partial charge in [-0.25, -0.2) is 10.2 Å². The Morgan fingerprint density at radius 2 is 1.63 bits per heavy atom. The maximum absolute atomic E-state index is 12.4. The van der Waals surface area contributed by atoms with Crippen molar-refractivity contribution in [3.63, 3.8) is 0 Å². The van der Waals surface area contributed by atoms with Crippen LogP contribution >= 0.6 is 0 Å². The minimum Gasteiger partial charge on any atom is -0.406 e. The molecule has 0 bridgehead atoms. The number of benzene rings is 3. The molecule has 3 N–H and O–H groups in total. The molecule has 0 fully saturated rings. The van der Waals surface area contributed by atoms with Gasteiger partial charge in [0.1, 0.15) is 5.75 Å². The molecule has 7 nitrogen and oxygen atoms in total. The van der Waals surface area contributed by atoms with E-state index in [1.807, 2.05) is 32.0 Å². The van der Waals surface area contributed by atoms with Crippen LogP contribution in [-0.4, -0.2) is 24.3 Å². The summed E-state index contributed by atoms with van der Waals surface area (Å²) >= 11 is 0. The monoisotopic (exact) mass is 483 g/mol. The number of nitrogens with zero attached hydrogens (tertiary/aromatic N) is 2. The fraction of sp³-hybridized carbons (Fsp3) is 0.160. The van der Waals surface area contributed by atoms with Gasteiger partial charge in [0.05, 0.1) is 17.6 Å². The number of anilines is 2. The van der Waals surface area contributed by atoms with Crippen LogP contribution in [0, 0.1) is 13.8 Å². The first kappa shape index (κ1) is 25.3. The summed E-state index contributed by atoms with van der Waals surface area (Å²) in [7, 11) is 0. The number of alkyl halides is 3. The topological polar surface area (TPSA) is 87.1 Å². The van der Waals surface area contributed by atoms with Gasteiger partial charge >= 0.3 is 12.4 Å². The highest BCUT2D eigenvalue weighted by Gasteiger charge is 2.31. The van der Waals surface area contributed by atoms with Gasteiger partial charge in [-0.05, 0) is 61.7 Å². The molecule has 0 aliphatic rings. The van der Waals surface area contributed by atoms with E-state index in [9.17, 15) is 18.0 Å². The number of rotatable bonds is 7. The highest BCUT2D eigenvalue weighted by Crippen LogP contribution is 2.23. The van der Waals surface area contributed by atoms with Crippen molar-refractivity contribution in [1.82, 2.24) is 5.43 Å². The smallest absolute Gasteiger partial charge is 0.406 e. The first-order chi connectivity index (χ1) is 16.6. The van der Waals surface area contributed by atoms with Gasteiger partial charge in [0.15, 0.2) is 0 Å². The van der Waals surface area contributed by atoms with E-state index >= 15 is 0 Å². The fourth-order valence-electron chi connectivity index (χ4n) is 3.09. The van der Waals surface area contributed by atoms with Crippen molar-refractivity contribution in [2.24, 2.45) is 10.2 Å². The summed E-state index contributed by atoms with van der Waals surface area (Å²) < 4.78 is 41.2. The van der Waals surface area contributed by atoms with E-state index in [-0.39, 0.29) is 5.75 Å². The predicted molar refractivity (Wildman–Crippen MR) is 131 cm³/mol. The number of amides is 2. The Balaban J connectivity index is 1.54. The van der Waals surface area contributed by atoms with Crippen LogP contribution in [0.3, 0.4) is 0 Å². The van der Waals surface area contributed by atoms with Crippen molar-refractivity contribution in [1.29, 1.82) is 0 Å². The van der Waals surface area contributed by atoms with Crippen LogP contribution in [0.4, 0.5) is 29.3 Å².